The van der Waals surface area contributed by atoms with Gasteiger partial charge >= 0.3 is 0 Å². The Balaban J connectivity index is 1.65. The molecule has 1 atom stereocenters. The van der Waals surface area contributed by atoms with Crippen molar-refractivity contribution in [2.45, 2.75) is 45.2 Å². The highest BCUT2D eigenvalue weighted by Crippen LogP contribution is 2.25. The van der Waals surface area contributed by atoms with E-state index in [2.05, 4.69) is 17.1 Å². The molecular weight excluding hydrogens is 291 g/mol. The summed E-state index contributed by atoms with van der Waals surface area (Å²) in [6.45, 7) is 6.61. The lowest BCUT2D eigenvalue weighted by molar-refractivity contribution is 0.159. The van der Waals surface area contributed by atoms with Gasteiger partial charge < -0.3 is 10.2 Å². The largest absolute Gasteiger partial charge is 0.313 e. The molecule has 0 aliphatic carbocycles. The zero-order valence-corrected chi connectivity index (χ0v) is 13.7. The molecule has 0 aromatic heterocycles. The van der Waals surface area contributed by atoms with E-state index in [1.807, 2.05) is 18.2 Å². The molecule has 2 nitrogen and oxygen atoms in total. The zero-order valence-electron chi connectivity index (χ0n) is 12.2. The van der Waals surface area contributed by atoms with Crippen LogP contribution >= 0.6 is 23.2 Å². The van der Waals surface area contributed by atoms with Crippen molar-refractivity contribution in [3.05, 3.63) is 33.8 Å². The average molecular weight is 315 g/mol. The lowest BCUT2D eigenvalue weighted by atomic mass is 10.0. The van der Waals surface area contributed by atoms with Gasteiger partial charge in [0.25, 0.3) is 0 Å². The standard InChI is InChI=1S/C16H24Cl2N2/c1-13-6-2-3-10-20(13)11-5-9-19-12-14-7-4-8-15(17)16(14)18/h4,7-8,13,19H,2-3,5-6,9-12H2,1H3. The summed E-state index contributed by atoms with van der Waals surface area (Å²) in [5.74, 6) is 0. The molecule has 1 aliphatic heterocycles. The van der Waals surface area contributed by atoms with Crippen molar-refractivity contribution in [2.75, 3.05) is 19.6 Å². The fourth-order valence-electron chi connectivity index (χ4n) is 2.80. The highest BCUT2D eigenvalue weighted by Gasteiger charge is 2.16. The molecule has 112 valence electrons. The van der Waals surface area contributed by atoms with E-state index >= 15 is 0 Å². The summed E-state index contributed by atoms with van der Waals surface area (Å²) in [5, 5.41) is 4.76. The quantitative estimate of drug-likeness (QED) is 0.785. The molecule has 0 bridgehead atoms. The van der Waals surface area contributed by atoms with Gasteiger partial charge in [0.1, 0.15) is 0 Å². The van der Waals surface area contributed by atoms with E-state index in [4.69, 9.17) is 23.2 Å². The maximum Gasteiger partial charge on any atom is 0.0637 e. The van der Waals surface area contributed by atoms with Crippen molar-refractivity contribution in [2.24, 2.45) is 0 Å². The average Bonchev–Trinajstić information content (AvgIpc) is 2.45. The maximum absolute atomic E-state index is 6.17. The highest BCUT2D eigenvalue weighted by atomic mass is 35.5. The minimum Gasteiger partial charge on any atom is -0.313 e. The Morgan fingerprint density at radius 1 is 1.30 bits per heavy atom. The Morgan fingerprint density at radius 3 is 2.95 bits per heavy atom. The van der Waals surface area contributed by atoms with E-state index < -0.39 is 0 Å². The Hall–Kier alpha value is -0.280. The topological polar surface area (TPSA) is 15.3 Å². The molecule has 1 fully saturated rings. The number of hydrogen-bond acceptors (Lipinski definition) is 2. The smallest absolute Gasteiger partial charge is 0.0637 e. The number of hydrogen-bond donors (Lipinski definition) is 1. The molecule has 0 amide bonds. The molecule has 1 aliphatic rings. The Morgan fingerprint density at radius 2 is 2.15 bits per heavy atom. The summed E-state index contributed by atoms with van der Waals surface area (Å²) >= 11 is 12.2. The molecule has 2 rings (SSSR count). The lowest BCUT2D eigenvalue weighted by Crippen LogP contribution is -2.38. The molecular formula is C16H24Cl2N2. The van der Waals surface area contributed by atoms with Crippen molar-refractivity contribution in [3.8, 4) is 0 Å². The number of likely N-dealkylation sites (tertiary alicyclic amines) is 1. The molecule has 1 N–H and O–H groups in total. The molecule has 4 heteroatoms. The van der Waals surface area contributed by atoms with E-state index in [-0.39, 0.29) is 0 Å². The van der Waals surface area contributed by atoms with Gasteiger partial charge in [-0.15, -0.1) is 0 Å². The minimum atomic E-state index is 0.633. The number of halogens is 2. The summed E-state index contributed by atoms with van der Waals surface area (Å²) < 4.78 is 0. The van der Waals surface area contributed by atoms with Crippen LogP contribution in [0, 0.1) is 0 Å². The van der Waals surface area contributed by atoms with Crippen molar-refractivity contribution in [3.63, 3.8) is 0 Å². The van der Waals surface area contributed by atoms with Gasteiger partial charge in [-0.25, -0.2) is 0 Å². The fourth-order valence-corrected chi connectivity index (χ4v) is 3.19. The van der Waals surface area contributed by atoms with E-state index in [1.54, 1.807) is 0 Å². The Labute approximate surface area is 132 Å². The minimum absolute atomic E-state index is 0.633. The van der Waals surface area contributed by atoms with Crippen LogP contribution in [0.2, 0.25) is 10.0 Å². The van der Waals surface area contributed by atoms with Gasteiger partial charge in [0.2, 0.25) is 0 Å². The maximum atomic E-state index is 6.17. The number of nitrogens with one attached hydrogen (secondary N) is 1. The van der Waals surface area contributed by atoms with Crippen LogP contribution in [-0.4, -0.2) is 30.6 Å². The molecule has 0 radical (unpaired) electrons. The van der Waals surface area contributed by atoms with Crippen LogP contribution in [0.25, 0.3) is 0 Å². The van der Waals surface area contributed by atoms with Crippen molar-refractivity contribution < 1.29 is 0 Å². The van der Waals surface area contributed by atoms with Gasteiger partial charge in [0.05, 0.1) is 10.0 Å². The third kappa shape index (κ3) is 4.63. The van der Waals surface area contributed by atoms with Gasteiger partial charge in [-0.3, -0.25) is 0 Å². The highest BCUT2D eigenvalue weighted by molar-refractivity contribution is 6.42. The van der Waals surface area contributed by atoms with Crippen LogP contribution in [0.4, 0.5) is 0 Å². The number of piperidine rings is 1. The third-order valence-electron chi connectivity index (χ3n) is 4.09. The fraction of sp³-hybridized carbons (Fsp3) is 0.625. The SMILES string of the molecule is CC1CCCCN1CCCNCc1cccc(Cl)c1Cl. The summed E-state index contributed by atoms with van der Waals surface area (Å²) in [6, 6.07) is 6.55. The van der Waals surface area contributed by atoms with Crippen LogP contribution in [-0.2, 0) is 6.54 Å². The van der Waals surface area contributed by atoms with Crippen LogP contribution in [0.1, 0.15) is 38.2 Å². The van der Waals surface area contributed by atoms with Crippen LogP contribution in [0.3, 0.4) is 0 Å². The van der Waals surface area contributed by atoms with Gasteiger partial charge in [-0.1, -0.05) is 41.8 Å². The van der Waals surface area contributed by atoms with Gasteiger partial charge in [0, 0.05) is 12.6 Å². The number of rotatable bonds is 6. The summed E-state index contributed by atoms with van der Waals surface area (Å²) in [4.78, 5) is 2.61. The number of benzene rings is 1. The molecule has 1 heterocycles. The van der Waals surface area contributed by atoms with Crippen molar-refractivity contribution in [1.82, 2.24) is 10.2 Å². The molecule has 1 aromatic rings. The third-order valence-corrected chi connectivity index (χ3v) is 4.94. The normalized spacial score (nSPS) is 20.2. The van der Waals surface area contributed by atoms with Gasteiger partial charge in [-0.05, 0) is 57.5 Å². The Bertz CT molecular complexity index is 423. The van der Waals surface area contributed by atoms with E-state index in [0.717, 1.165) is 24.7 Å². The number of nitrogens with zero attached hydrogens (tertiary/aromatic N) is 1. The van der Waals surface area contributed by atoms with E-state index in [9.17, 15) is 0 Å². The van der Waals surface area contributed by atoms with E-state index in [1.165, 1.54) is 38.8 Å². The summed E-state index contributed by atoms with van der Waals surface area (Å²) in [6.07, 6.45) is 5.28. The van der Waals surface area contributed by atoms with E-state index in [0.29, 0.717) is 10.0 Å². The Kier molecular flexibility index (Phi) is 6.63. The molecule has 1 aromatic carbocycles. The molecule has 1 saturated heterocycles. The first-order chi connectivity index (χ1) is 9.68. The van der Waals surface area contributed by atoms with Crippen LogP contribution in [0.15, 0.2) is 18.2 Å². The van der Waals surface area contributed by atoms with Gasteiger partial charge in [-0.2, -0.15) is 0 Å². The predicted octanol–water partition coefficient (Wildman–Crippen LogP) is 4.35. The molecule has 0 saturated carbocycles. The molecule has 20 heavy (non-hydrogen) atoms. The van der Waals surface area contributed by atoms with Crippen molar-refractivity contribution in [1.29, 1.82) is 0 Å². The zero-order chi connectivity index (χ0) is 14.4. The monoisotopic (exact) mass is 314 g/mol. The van der Waals surface area contributed by atoms with Gasteiger partial charge in [0.15, 0.2) is 0 Å². The second-order valence-corrected chi connectivity index (χ2v) is 6.41. The van der Waals surface area contributed by atoms with Crippen LogP contribution in [0.5, 0.6) is 0 Å². The second-order valence-electron chi connectivity index (χ2n) is 5.62. The van der Waals surface area contributed by atoms with Crippen LogP contribution < -0.4 is 5.32 Å². The lowest BCUT2D eigenvalue weighted by Gasteiger charge is -2.33. The molecule has 1 unspecified atom stereocenters. The second kappa shape index (κ2) is 8.23. The first-order valence-electron chi connectivity index (χ1n) is 7.56. The first-order valence-corrected chi connectivity index (χ1v) is 8.31. The first kappa shape index (κ1) is 16.1. The van der Waals surface area contributed by atoms with Crippen molar-refractivity contribution >= 4 is 23.2 Å². The molecule has 0 spiro atoms. The summed E-state index contributed by atoms with van der Waals surface area (Å²) in [7, 11) is 0. The summed E-state index contributed by atoms with van der Waals surface area (Å²) in [5.41, 5.74) is 1.07. The predicted molar refractivity (Wildman–Crippen MR) is 87.7 cm³/mol.